The maximum atomic E-state index is 12.4. The van der Waals surface area contributed by atoms with Gasteiger partial charge in [0.2, 0.25) is 0 Å². The summed E-state index contributed by atoms with van der Waals surface area (Å²) in [6.45, 7) is 1.97. The molecule has 1 aromatic heterocycles. The Morgan fingerprint density at radius 3 is 2.54 bits per heavy atom. The van der Waals surface area contributed by atoms with E-state index < -0.39 is 9.85 Å². The van der Waals surface area contributed by atoms with E-state index in [9.17, 15) is 25.0 Å². The number of carbonyl (C=O) groups excluding carboxylic acids is 1. The van der Waals surface area contributed by atoms with Gasteiger partial charge in [0.15, 0.2) is 9.51 Å². The fraction of sp³-hybridized carbons (Fsp3) is 0.0417. The lowest BCUT2D eigenvalue weighted by Gasteiger charge is -2.02. The van der Waals surface area contributed by atoms with E-state index in [0.717, 1.165) is 29.1 Å². The van der Waals surface area contributed by atoms with Crippen molar-refractivity contribution in [3.05, 3.63) is 96.9 Å². The molecule has 4 aromatic rings. The minimum absolute atomic E-state index is 0.0445. The van der Waals surface area contributed by atoms with Gasteiger partial charge in [-0.2, -0.15) is 0 Å². The fourth-order valence-corrected chi connectivity index (χ4v) is 6.35. The van der Waals surface area contributed by atoms with Crippen LogP contribution in [-0.2, 0) is 4.79 Å². The number of nitro benzene ring substituents is 2. The smallest absolute Gasteiger partial charge is 0.283 e. The van der Waals surface area contributed by atoms with Crippen LogP contribution < -0.4 is 5.32 Å². The van der Waals surface area contributed by atoms with Crippen LogP contribution in [0.3, 0.4) is 0 Å². The Morgan fingerprint density at radius 1 is 1.03 bits per heavy atom. The number of carbonyl (C=O) groups is 1. The molecule has 1 aliphatic heterocycles. The maximum Gasteiger partial charge on any atom is 0.283 e. The predicted molar refractivity (Wildman–Crippen MR) is 145 cm³/mol. The molecule has 0 aliphatic carbocycles. The molecular weight excluding hydrogens is 534 g/mol. The van der Waals surface area contributed by atoms with Crippen molar-refractivity contribution >= 4 is 79.3 Å². The number of benzene rings is 3. The number of aromatic nitrogens is 1. The van der Waals surface area contributed by atoms with Gasteiger partial charge in [-0.15, -0.1) is 11.3 Å². The summed E-state index contributed by atoms with van der Waals surface area (Å²) < 4.78 is 1.14. The van der Waals surface area contributed by atoms with E-state index in [1.807, 2.05) is 31.2 Å². The second kappa shape index (κ2) is 10.1. The zero-order valence-corrected chi connectivity index (χ0v) is 21.4. The zero-order valence-electron chi connectivity index (χ0n) is 18.9. The maximum absolute atomic E-state index is 12.4. The summed E-state index contributed by atoms with van der Waals surface area (Å²) in [7, 11) is 0. The number of nitrogens with zero attached hydrogens (tertiary/aromatic N) is 4. The molecule has 1 fully saturated rings. The van der Waals surface area contributed by atoms with Crippen molar-refractivity contribution in [2.45, 2.75) is 16.2 Å². The van der Waals surface area contributed by atoms with Crippen LogP contribution in [0.2, 0.25) is 0 Å². The number of thioether (sulfide) groups is 1. The van der Waals surface area contributed by atoms with Crippen LogP contribution in [0, 0.1) is 27.2 Å². The normalized spacial score (nSPS) is 15.4. The first-order valence-electron chi connectivity index (χ1n) is 10.6. The summed E-state index contributed by atoms with van der Waals surface area (Å²) in [5.41, 5.74) is 2.69. The number of rotatable bonds is 6. The number of aliphatic imine (C=N–C) groups is 1. The van der Waals surface area contributed by atoms with Gasteiger partial charge >= 0.3 is 0 Å². The summed E-state index contributed by atoms with van der Waals surface area (Å²) >= 11 is 3.49. The first-order valence-corrected chi connectivity index (χ1v) is 13.1. The third-order valence-electron chi connectivity index (χ3n) is 5.15. The first-order chi connectivity index (χ1) is 17.7. The fourth-order valence-electron chi connectivity index (χ4n) is 3.37. The average molecular weight is 550 g/mol. The third kappa shape index (κ3) is 5.53. The van der Waals surface area contributed by atoms with Crippen LogP contribution in [0.4, 0.5) is 17.1 Å². The number of nitrogens with one attached hydrogen (secondary N) is 1. The zero-order chi connectivity index (χ0) is 26.1. The monoisotopic (exact) mass is 549 g/mol. The molecule has 0 unspecified atom stereocenters. The average Bonchev–Trinajstić information content (AvgIpc) is 3.42. The van der Waals surface area contributed by atoms with Crippen LogP contribution in [0.15, 0.2) is 79.8 Å². The third-order valence-corrected chi connectivity index (χ3v) is 8.21. The number of thiazole rings is 1. The topological polar surface area (TPSA) is 141 Å². The van der Waals surface area contributed by atoms with E-state index in [1.165, 1.54) is 29.5 Å². The molecule has 37 heavy (non-hydrogen) atoms. The molecule has 5 rings (SSSR count). The minimum atomic E-state index is -0.491. The largest absolute Gasteiger partial charge is 0.300 e. The number of amidine groups is 1. The van der Waals surface area contributed by atoms with Gasteiger partial charge in [-0.3, -0.25) is 25.0 Å². The second-order valence-electron chi connectivity index (χ2n) is 7.79. The highest BCUT2D eigenvalue weighted by Crippen LogP contribution is 2.40. The summed E-state index contributed by atoms with van der Waals surface area (Å²) in [5, 5.41) is 26.0. The molecule has 0 bridgehead atoms. The molecule has 10 nitrogen and oxygen atoms in total. The number of hydrogen-bond donors (Lipinski definition) is 1. The van der Waals surface area contributed by atoms with Gasteiger partial charge in [-0.05, 0) is 54.6 Å². The number of amides is 1. The molecule has 0 saturated carbocycles. The van der Waals surface area contributed by atoms with E-state index in [0.29, 0.717) is 40.8 Å². The Hall–Kier alpha value is -4.07. The molecular formula is C24H15N5O5S3. The number of fused-ring (bicyclic) bond motifs is 1. The number of non-ortho nitro benzene ring substituents is 1. The van der Waals surface area contributed by atoms with Gasteiger partial charge < -0.3 is 5.32 Å². The standard InChI is InChI=1S/C24H15N5O5S3/c1-13-2-5-15(6-3-13)25-23-27-22(30)21(35-23)11-14-4-9-19(18(10-14)29(33)34)36-24-26-17-8-7-16(28(31)32)12-20(17)37-24/h2-12H,1H3,(H,25,27,30)/b21-11-. The Balaban J connectivity index is 1.39. The van der Waals surface area contributed by atoms with Crippen LogP contribution >= 0.6 is 34.9 Å². The van der Waals surface area contributed by atoms with Crippen molar-refractivity contribution in [3.63, 3.8) is 0 Å². The molecule has 0 radical (unpaired) electrons. The summed E-state index contributed by atoms with van der Waals surface area (Å²) in [5.74, 6) is -0.333. The van der Waals surface area contributed by atoms with Crippen molar-refractivity contribution in [2.24, 2.45) is 4.99 Å². The molecule has 1 amide bonds. The predicted octanol–water partition coefficient (Wildman–Crippen LogP) is 6.46. The van der Waals surface area contributed by atoms with Crippen LogP contribution in [0.1, 0.15) is 11.1 Å². The molecule has 3 aromatic carbocycles. The van der Waals surface area contributed by atoms with Gasteiger partial charge in [-0.1, -0.05) is 35.5 Å². The molecule has 1 N–H and O–H groups in total. The van der Waals surface area contributed by atoms with Gasteiger partial charge in [0, 0.05) is 18.2 Å². The Morgan fingerprint density at radius 2 is 1.81 bits per heavy atom. The highest BCUT2D eigenvalue weighted by atomic mass is 32.2. The van der Waals surface area contributed by atoms with Crippen LogP contribution in [0.25, 0.3) is 16.3 Å². The number of aryl methyl sites for hydroxylation is 1. The van der Waals surface area contributed by atoms with Crippen molar-refractivity contribution in [1.29, 1.82) is 0 Å². The van der Waals surface area contributed by atoms with Crippen LogP contribution in [0.5, 0.6) is 0 Å². The Labute approximate surface area is 221 Å². The highest BCUT2D eigenvalue weighted by molar-refractivity contribution is 8.18. The Bertz CT molecular complexity index is 1650. The minimum Gasteiger partial charge on any atom is -0.300 e. The quantitative estimate of drug-likeness (QED) is 0.164. The molecule has 2 heterocycles. The molecule has 0 spiro atoms. The lowest BCUT2D eigenvalue weighted by Crippen LogP contribution is -2.19. The van der Waals surface area contributed by atoms with Crippen molar-refractivity contribution < 1.29 is 14.6 Å². The number of hydrogen-bond acceptors (Lipinski definition) is 10. The summed E-state index contributed by atoms with van der Waals surface area (Å²) in [6.07, 6.45) is 1.58. The van der Waals surface area contributed by atoms with Crippen molar-refractivity contribution in [2.75, 3.05) is 0 Å². The Kier molecular flexibility index (Phi) is 6.74. The lowest BCUT2D eigenvalue weighted by atomic mass is 10.2. The van der Waals surface area contributed by atoms with E-state index in [4.69, 9.17) is 0 Å². The molecule has 184 valence electrons. The SMILES string of the molecule is Cc1ccc(N=C2NC(=O)/C(=C/c3ccc(Sc4nc5ccc([N+](=O)[O-])cc5s4)c([N+](=O)[O-])c3)S2)cc1. The van der Waals surface area contributed by atoms with Gasteiger partial charge in [-0.25, -0.2) is 9.98 Å². The lowest BCUT2D eigenvalue weighted by molar-refractivity contribution is -0.387. The van der Waals surface area contributed by atoms with E-state index >= 15 is 0 Å². The molecule has 13 heteroatoms. The van der Waals surface area contributed by atoms with Crippen molar-refractivity contribution in [1.82, 2.24) is 10.3 Å². The van der Waals surface area contributed by atoms with E-state index in [1.54, 1.807) is 24.3 Å². The number of nitro groups is 2. The van der Waals surface area contributed by atoms with Gasteiger partial charge in [0.25, 0.3) is 17.3 Å². The van der Waals surface area contributed by atoms with Gasteiger partial charge in [0.1, 0.15) is 0 Å². The molecule has 1 aliphatic rings. The summed E-state index contributed by atoms with van der Waals surface area (Å²) in [4.78, 5) is 43.9. The molecule has 1 saturated heterocycles. The highest BCUT2D eigenvalue weighted by Gasteiger charge is 2.25. The van der Waals surface area contributed by atoms with Crippen molar-refractivity contribution in [3.8, 4) is 0 Å². The van der Waals surface area contributed by atoms with E-state index in [-0.39, 0.29) is 17.3 Å². The van der Waals surface area contributed by atoms with E-state index in [2.05, 4.69) is 15.3 Å². The summed E-state index contributed by atoms with van der Waals surface area (Å²) in [6, 6.07) is 16.6. The first kappa shape index (κ1) is 24.6. The molecule has 0 atom stereocenters. The van der Waals surface area contributed by atoms with Gasteiger partial charge in [0.05, 0.1) is 35.6 Å². The second-order valence-corrected chi connectivity index (χ2v) is 11.1. The van der Waals surface area contributed by atoms with Crippen LogP contribution in [-0.4, -0.2) is 25.9 Å².